The highest BCUT2D eigenvalue weighted by Gasteiger charge is 2.09. The zero-order chi connectivity index (χ0) is 16.9. The van der Waals surface area contributed by atoms with Crippen molar-refractivity contribution in [1.29, 1.82) is 0 Å². The van der Waals surface area contributed by atoms with Gasteiger partial charge in [-0.2, -0.15) is 0 Å². The van der Waals surface area contributed by atoms with Crippen LogP contribution in [0.2, 0.25) is 5.02 Å². The van der Waals surface area contributed by atoms with Gasteiger partial charge in [-0.15, -0.1) is 0 Å². The van der Waals surface area contributed by atoms with Gasteiger partial charge < -0.3 is 13.9 Å². The van der Waals surface area contributed by atoms with Gasteiger partial charge in [0.05, 0.1) is 12.1 Å². The summed E-state index contributed by atoms with van der Waals surface area (Å²) in [5.74, 6) is 0.903. The first-order valence-electron chi connectivity index (χ1n) is 7.46. The molecule has 0 aliphatic rings. The van der Waals surface area contributed by atoms with E-state index >= 15 is 0 Å². The third-order valence-corrected chi connectivity index (χ3v) is 3.89. The van der Waals surface area contributed by atoms with Crippen LogP contribution in [0.4, 0.5) is 0 Å². The number of methoxy groups -OCH3 is 1. The molecule has 0 aliphatic carbocycles. The van der Waals surface area contributed by atoms with Crippen LogP contribution in [-0.4, -0.2) is 18.1 Å². The van der Waals surface area contributed by atoms with Gasteiger partial charge >= 0.3 is 5.97 Å². The lowest BCUT2D eigenvalue weighted by Gasteiger charge is -2.06. The zero-order valence-electron chi connectivity index (χ0n) is 13.1. The van der Waals surface area contributed by atoms with Crippen molar-refractivity contribution in [3.05, 3.63) is 59.1 Å². The highest BCUT2D eigenvalue weighted by molar-refractivity contribution is 6.32. The van der Waals surface area contributed by atoms with Crippen LogP contribution >= 0.6 is 11.6 Å². The van der Waals surface area contributed by atoms with E-state index in [2.05, 4.69) is 4.98 Å². The van der Waals surface area contributed by atoms with Crippen LogP contribution in [0.15, 0.2) is 47.1 Å². The Labute approximate surface area is 144 Å². The molecule has 5 nitrogen and oxygen atoms in total. The van der Waals surface area contributed by atoms with E-state index in [9.17, 15) is 4.79 Å². The third-order valence-electron chi connectivity index (χ3n) is 3.58. The normalized spacial score (nSPS) is 10.8. The second-order valence-corrected chi connectivity index (χ2v) is 5.66. The highest BCUT2D eigenvalue weighted by Crippen LogP contribution is 2.25. The van der Waals surface area contributed by atoms with Crippen LogP contribution in [-0.2, 0) is 22.6 Å². The average molecular weight is 346 g/mol. The Balaban J connectivity index is 1.52. The van der Waals surface area contributed by atoms with Gasteiger partial charge in [0, 0.05) is 24.2 Å². The molecule has 6 heteroatoms. The van der Waals surface area contributed by atoms with Crippen molar-refractivity contribution in [2.45, 2.75) is 19.4 Å². The van der Waals surface area contributed by atoms with Crippen LogP contribution in [0.3, 0.4) is 0 Å². The number of aromatic nitrogens is 1. The van der Waals surface area contributed by atoms with Gasteiger partial charge in [0.1, 0.15) is 23.7 Å². The summed E-state index contributed by atoms with van der Waals surface area (Å²) in [6.45, 7) is 0.109. The van der Waals surface area contributed by atoms with E-state index in [-0.39, 0.29) is 19.0 Å². The Morgan fingerprint density at radius 1 is 1.29 bits per heavy atom. The molecule has 3 aromatic rings. The van der Waals surface area contributed by atoms with Gasteiger partial charge in [-0.05, 0) is 36.2 Å². The maximum absolute atomic E-state index is 11.9. The van der Waals surface area contributed by atoms with E-state index in [1.807, 2.05) is 18.2 Å². The maximum Gasteiger partial charge on any atom is 0.306 e. The summed E-state index contributed by atoms with van der Waals surface area (Å²) in [5, 5.41) is 1.43. The molecule has 0 fully saturated rings. The number of nitrogens with zero attached hydrogens (tertiary/aromatic N) is 1. The quantitative estimate of drug-likeness (QED) is 0.627. The Kier molecular flexibility index (Phi) is 5.01. The lowest BCUT2D eigenvalue weighted by Crippen LogP contribution is -2.05. The van der Waals surface area contributed by atoms with Gasteiger partial charge in [-0.25, -0.2) is 0 Å². The molecule has 1 aromatic carbocycles. The van der Waals surface area contributed by atoms with Crippen LogP contribution in [0, 0.1) is 0 Å². The number of rotatable bonds is 6. The van der Waals surface area contributed by atoms with Crippen molar-refractivity contribution < 1.29 is 18.7 Å². The summed E-state index contributed by atoms with van der Waals surface area (Å²) in [4.78, 5) is 15.9. The van der Waals surface area contributed by atoms with E-state index in [1.165, 1.54) is 0 Å². The number of halogens is 1. The lowest BCUT2D eigenvalue weighted by atomic mass is 10.1. The van der Waals surface area contributed by atoms with Crippen molar-refractivity contribution >= 4 is 28.5 Å². The van der Waals surface area contributed by atoms with E-state index in [0.29, 0.717) is 23.0 Å². The maximum atomic E-state index is 11.9. The van der Waals surface area contributed by atoms with Gasteiger partial charge in [-0.3, -0.25) is 9.78 Å². The molecular weight excluding hydrogens is 330 g/mol. The SMILES string of the molecule is COc1cc(CCC(=O)OCc2cc3cnccc3o2)ccc1Cl. The lowest BCUT2D eigenvalue weighted by molar-refractivity contribution is -0.145. The largest absolute Gasteiger partial charge is 0.495 e. The Hall–Kier alpha value is -2.53. The Morgan fingerprint density at radius 3 is 2.96 bits per heavy atom. The van der Waals surface area contributed by atoms with Crippen LogP contribution in [0.1, 0.15) is 17.7 Å². The van der Waals surface area contributed by atoms with Crippen molar-refractivity contribution in [3.63, 3.8) is 0 Å². The number of carbonyl (C=O) groups is 1. The third kappa shape index (κ3) is 3.86. The number of pyridine rings is 1. The Bertz CT molecular complexity index is 826. The molecule has 2 heterocycles. The fourth-order valence-electron chi connectivity index (χ4n) is 2.34. The summed E-state index contributed by atoms with van der Waals surface area (Å²) in [5.41, 5.74) is 1.69. The fourth-order valence-corrected chi connectivity index (χ4v) is 2.54. The minimum atomic E-state index is -0.289. The van der Waals surface area contributed by atoms with Crippen molar-refractivity contribution in [1.82, 2.24) is 4.98 Å². The number of hydrogen-bond acceptors (Lipinski definition) is 5. The second-order valence-electron chi connectivity index (χ2n) is 5.26. The first-order chi connectivity index (χ1) is 11.7. The number of carbonyl (C=O) groups excluding carboxylic acids is 1. The molecule has 2 aromatic heterocycles. The number of hydrogen-bond donors (Lipinski definition) is 0. The molecule has 0 N–H and O–H groups in total. The molecule has 0 atom stereocenters. The van der Waals surface area contributed by atoms with Crippen molar-refractivity contribution in [2.24, 2.45) is 0 Å². The Morgan fingerprint density at radius 2 is 2.17 bits per heavy atom. The topological polar surface area (TPSA) is 61.6 Å². The summed E-state index contributed by atoms with van der Waals surface area (Å²) < 4.78 is 16.0. The molecule has 0 amide bonds. The molecule has 0 radical (unpaired) electrons. The monoisotopic (exact) mass is 345 g/mol. The molecular formula is C18H16ClNO4. The van der Waals surface area contributed by atoms with Gasteiger partial charge in [0.15, 0.2) is 0 Å². The van der Waals surface area contributed by atoms with Crippen molar-refractivity contribution in [3.8, 4) is 5.75 Å². The zero-order valence-corrected chi connectivity index (χ0v) is 13.9. The molecule has 0 bridgehead atoms. The molecule has 0 unspecified atom stereocenters. The van der Waals surface area contributed by atoms with Crippen LogP contribution in [0.25, 0.3) is 11.0 Å². The summed E-state index contributed by atoms with van der Waals surface area (Å²) in [6.07, 6.45) is 4.18. The standard InChI is InChI=1S/C18H16ClNO4/c1-22-17-8-12(2-4-15(17)19)3-5-18(21)23-11-14-9-13-10-20-7-6-16(13)24-14/h2,4,6-10H,3,5,11H2,1H3. The summed E-state index contributed by atoms with van der Waals surface area (Å²) in [7, 11) is 1.56. The van der Waals surface area contributed by atoms with E-state index in [0.717, 1.165) is 16.5 Å². The van der Waals surface area contributed by atoms with Crippen LogP contribution < -0.4 is 4.74 Å². The molecule has 0 spiro atoms. The first kappa shape index (κ1) is 16.3. The van der Waals surface area contributed by atoms with Crippen LogP contribution in [0.5, 0.6) is 5.75 Å². The van der Waals surface area contributed by atoms with E-state index < -0.39 is 0 Å². The molecule has 0 saturated carbocycles. The predicted octanol–water partition coefficient (Wildman–Crippen LogP) is 4.17. The number of fused-ring (bicyclic) bond motifs is 1. The van der Waals surface area contributed by atoms with E-state index in [4.69, 9.17) is 25.5 Å². The number of furan rings is 1. The minimum Gasteiger partial charge on any atom is -0.495 e. The number of benzene rings is 1. The first-order valence-corrected chi connectivity index (χ1v) is 7.84. The molecule has 0 aliphatic heterocycles. The number of aryl methyl sites for hydroxylation is 1. The smallest absolute Gasteiger partial charge is 0.306 e. The van der Waals surface area contributed by atoms with Crippen molar-refractivity contribution in [2.75, 3.05) is 7.11 Å². The summed E-state index contributed by atoms with van der Waals surface area (Å²) >= 11 is 5.98. The number of esters is 1. The molecule has 3 rings (SSSR count). The number of ether oxygens (including phenoxy) is 2. The second kappa shape index (κ2) is 7.36. The van der Waals surface area contributed by atoms with Gasteiger partial charge in [0.25, 0.3) is 0 Å². The van der Waals surface area contributed by atoms with E-state index in [1.54, 1.807) is 31.6 Å². The molecule has 0 saturated heterocycles. The minimum absolute atomic E-state index is 0.109. The predicted molar refractivity (Wildman–Crippen MR) is 90.1 cm³/mol. The molecule has 24 heavy (non-hydrogen) atoms. The fraction of sp³-hybridized carbons (Fsp3) is 0.222. The van der Waals surface area contributed by atoms with Gasteiger partial charge in [-0.1, -0.05) is 17.7 Å². The summed E-state index contributed by atoms with van der Waals surface area (Å²) in [6, 6.07) is 9.03. The molecule has 124 valence electrons. The average Bonchev–Trinajstić information content (AvgIpc) is 3.02. The van der Waals surface area contributed by atoms with Gasteiger partial charge in [0.2, 0.25) is 0 Å². The highest BCUT2D eigenvalue weighted by atomic mass is 35.5.